The molecule has 1 aliphatic heterocycles. The fraction of sp³-hybridized carbons (Fsp3) is 0.143. The summed E-state index contributed by atoms with van der Waals surface area (Å²) >= 11 is 1.39. The standard InChI is InChI=1S/C14H10O4S/c15-13(12-2-1-5-19-12)8-3-4-10-9(6-8)7-11(18-10)14(16)17/h1-6,11H,7H2,(H,16,17)/t11-/m0/s1. The van der Waals surface area contributed by atoms with Gasteiger partial charge in [-0.25, -0.2) is 4.79 Å². The van der Waals surface area contributed by atoms with E-state index in [0.29, 0.717) is 22.6 Å². The third-order valence-electron chi connectivity index (χ3n) is 3.02. The number of thiophene rings is 1. The maximum Gasteiger partial charge on any atom is 0.345 e. The van der Waals surface area contributed by atoms with Crippen LogP contribution in [0.1, 0.15) is 20.8 Å². The molecule has 1 aliphatic rings. The molecule has 1 aromatic carbocycles. The first-order valence-corrected chi connectivity index (χ1v) is 6.64. The zero-order valence-electron chi connectivity index (χ0n) is 9.83. The van der Waals surface area contributed by atoms with Crippen LogP contribution in [0.2, 0.25) is 0 Å². The molecule has 5 heteroatoms. The Bertz CT molecular complexity index is 645. The van der Waals surface area contributed by atoms with Gasteiger partial charge in [-0.05, 0) is 35.2 Å². The largest absolute Gasteiger partial charge is 0.478 e. The molecule has 96 valence electrons. The number of hydrogen-bond acceptors (Lipinski definition) is 4. The molecule has 1 atom stereocenters. The number of carbonyl (C=O) groups excluding carboxylic acids is 1. The van der Waals surface area contributed by atoms with Crippen molar-refractivity contribution in [2.24, 2.45) is 0 Å². The minimum absolute atomic E-state index is 0.0448. The van der Waals surface area contributed by atoms with Crippen molar-refractivity contribution < 1.29 is 19.4 Å². The monoisotopic (exact) mass is 274 g/mol. The van der Waals surface area contributed by atoms with E-state index >= 15 is 0 Å². The minimum Gasteiger partial charge on any atom is -0.478 e. The molecule has 0 saturated heterocycles. The molecule has 4 nitrogen and oxygen atoms in total. The van der Waals surface area contributed by atoms with Crippen molar-refractivity contribution in [2.45, 2.75) is 12.5 Å². The third kappa shape index (κ3) is 2.13. The predicted octanol–water partition coefficient (Wildman–Crippen LogP) is 2.37. The van der Waals surface area contributed by atoms with E-state index in [2.05, 4.69) is 0 Å². The van der Waals surface area contributed by atoms with E-state index in [-0.39, 0.29) is 5.78 Å². The number of fused-ring (bicyclic) bond motifs is 1. The highest BCUT2D eigenvalue weighted by Crippen LogP contribution is 2.30. The Morgan fingerprint density at radius 3 is 2.84 bits per heavy atom. The lowest BCUT2D eigenvalue weighted by Gasteiger charge is -2.03. The van der Waals surface area contributed by atoms with Crippen molar-refractivity contribution in [3.63, 3.8) is 0 Å². The summed E-state index contributed by atoms with van der Waals surface area (Å²) in [5.41, 5.74) is 1.34. The number of rotatable bonds is 3. The first-order chi connectivity index (χ1) is 9.15. The highest BCUT2D eigenvalue weighted by molar-refractivity contribution is 7.12. The summed E-state index contributed by atoms with van der Waals surface area (Å²) in [6.45, 7) is 0. The molecule has 1 N–H and O–H groups in total. The first kappa shape index (κ1) is 11.9. The van der Waals surface area contributed by atoms with Gasteiger partial charge in [-0.1, -0.05) is 6.07 Å². The van der Waals surface area contributed by atoms with Crippen LogP contribution in [0.4, 0.5) is 0 Å². The van der Waals surface area contributed by atoms with Gasteiger partial charge in [0.1, 0.15) is 5.75 Å². The second-order valence-electron chi connectivity index (χ2n) is 4.28. The molecule has 2 heterocycles. The van der Waals surface area contributed by atoms with Crippen molar-refractivity contribution >= 4 is 23.1 Å². The molecular formula is C14H10O4S. The van der Waals surface area contributed by atoms with Crippen LogP contribution < -0.4 is 4.74 Å². The molecule has 0 amide bonds. The van der Waals surface area contributed by atoms with Crippen LogP contribution in [0, 0.1) is 0 Å². The second-order valence-corrected chi connectivity index (χ2v) is 5.23. The van der Waals surface area contributed by atoms with Gasteiger partial charge in [-0.15, -0.1) is 11.3 Å². The summed E-state index contributed by atoms with van der Waals surface area (Å²) in [6, 6.07) is 8.66. The predicted molar refractivity (Wildman–Crippen MR) is 69.9 cm³/mol. The number of carboxylic acids is 1. The lowest BCUT2D eigenvalue weighted by Crippen LogP contribution is -2.24. The first-order valence-electron chi connectivity index (χ1n) is 5.76. The number of ether oxygens (including phenoxy) is 1. The van der Waals surface area contributed by atoms with Gasteiger partial charge in [-0.2, -0.15) is 0 Å². The summed E-state index contributed by atoms with van der Waals surface area (Å²) in [5.74, 6) is -0.478. The fourth-order valence-electron chi connectivity index (χ4n) is 2.08. The molecule has 0 fully saturated rings. The number of carboxylic acid groups (broad SMARTS) is 1. The molecule has 0 saturated carbocycles. The van der Waals surface area contributed by atoms with Gasteiger partial charge in [0.05, 0.1) is 4.88 Å². The van der Waals surface area contributed by atoms with Gasteiger partial charge < -0.3 is 9.84 Å². The zero-order chi connectivity index (χ0) is 13.4. The Labute approximate surface area is 113 Å². The molecule has 2 aromatic rings. The van der Waals surface area contributed by atoms with E-state index in [4.69, 9.17) is 9.84 Å². The van der Waals surface area contributed by atoms with Gasteiger partial charge in [0.25, 0.3) is 0 Å². The van der Waals surface area contributed by atoms with Crippen LogP contribution >= 0.6 is 11.3 Å². The SMILES string of the molecule is O=C(c1ccc2c(c1)C[C@@H](C(=O)O)O2)c1cccs1. The summed E-state index contributed by atoms with van der Waals surface area (Å²) in [5, 5.41) is 10.8. The van der Waals surface area contributed by atoms with Crippen LogP contribution in [0.5, 0.6) is 5.75 Å². The van der Waals surface area contributed by atoms with E-state index in [9.17, 15) is 9.59 Å². The van der Waals surface area contributed by atoms with Crippen LogP contribution in [0.3, 0.4) is 0 Å². The van der Waals surface area contributed by atoms with Gasteiger partial charge in [-0.3, -0.25) is 4.79 Å². The van der Waals surface area contributed by atoms with Crippen molar-refractivity contribution in [3.8, 4) is 5.75 Å². The summed E-state index contributed by atoms with van der Waals surface area (Å²) in [7, 11) is 0. The topological polar surface area (TPSA) is 63.6 Å². The molecule has 1 aromatic heterocycles. The van der Waals surface area contributed by atoms with Crippen molar-refractivity contribution in [3.05, 3.63) is 51.7 Å². The molecule has 0 radical (unpaired) electrons. The number of hydrogen-bond donors (Lipinski definition) is 1. The molecule has 0 aliphatic carbocycles. The maximum absolute atomic E-state index is 12.2. The summed E-state index contributed by atoms with van der Waals surface area (Å²) < 4.78 is 5.29. The lowest BCUT2D eigenvalue weighted by atomic mass is 10.0. The lowest BCUT2D eigenvalue weighted by molar-refractivity contribution is -0.144. The van der Waals surface area contributed by atoms with Crippen molar-refractivity contribution in [2.75, 3.05) is 0 Å². The Kier molecular flexibility index (Phi) is 2.83. The van der Waals surface area contributed by atoms with Gasteiger partial charge in [0.15, 0.2) is 6.10 Å². The van der Waals surface area contributed by atoms with E-state index in [1.807, 2.05) is 11.4 Å². The van der Waals surface area contributed by atoms with E-state index in [0.717, 1.165) is 5.56 Å². The van der Waals surface area contributed by atoms with Crippen LogP contribution in [-0.2, 0) is 11.2 Å². The van der Waals surface area contributed by atoms with Gasteiger partial charge in [0, 0.05) is 12.0 Å². The van der Waals surface area contributed by atoms with E-state index in [1.54, 1.807) is 24.3 Å². The highest BCUT2D eigenvalue weighted by atomic mass is 32.1. The Hall–Kier alpha value is -2.14. The smallest absolute Gasteiger partial charge is 0.345 e. The van der Waals surface area contributed by atoms with E-state index < -0.39 is 12.1 Å². The summed E-state index contributed by atoms with van der Waals surface area (Å²) in [4.78, 5) is 23.7. The van der Waals surface area contributed by atoms with Crippen molar-refractivity contribution in [1.82, 2.24) is 0 Å². The highest BCUT2D eigenvalue weighted by Gasteiger charge is 2.29. The molecular weight excluding hydrogens is 264 g/mol. The van der Waals surface area contributed by atoms with Gasteiger partial charge >= 0.3 is 5.97 Å². The van der Waals surface area contributed by atoms with Crippen LogP contribution in [0.25, 0.3) is 0 Å². The fourth-order valence-corrected chi connectivity index (χ4v) is 2.76. The molecule has 3 rings (SSSR count). The second kappa shape index (κ2) is 4.51. The van der Waals surface area contributed by atoms with Crippen LogP contribution in [-0.4, -0.2) is 23.0 Å². The number of aliphatic carboxylic acids is 1. The maximum atomic E-state index is 12.2. The third-order valence-corrected chi connectivity index (χ3v) is 3.89. The zero-order valence-corrected chi connectivity index (χ0v) is 10.6. The van der Waals surface area contributed by atoms with Crippen LogP contribution in [0.15, 0.2) is 35.7 Å². The van der Waals surface area contributed by atoms with Gasteiger partial charge in [0.2, 0.25) is 5.78 Å². The Morgan fingerprint density at radius 2 is 2.16 bits per heavy atom. The average Bonchev–Trinajstić information content (AvgIpc) is 3.06. The van der Waals surface area contributed by atoms with E-state index in [1.165, 1.54) is 11.3 Å². The number of carbonyl (C=O) groups is 2. The Balaban J connectivity index is 1.90. The van der Waals surface area contributed by atoms with Crippen molar-refractivity contribution in [1.29, 1.82) is 0 Å². The number of benzene rings is 1. The quantitative estimate of drug-likeness (QED) is 0.873. The summed E-state index contributed by atoms with van der Waals surface area (Å²) in [6.07, 6.45) is -0.543. The number of ketones is 1. The molecule has 0 unspecified atom stereocenters. The molecule has 19 heavy (non-hydrogen) atoms. The molecule has 0 spiro atoms. The normalized spacial score (nSPS) is 16.7. The molecule has 0 bridgehead atoms. The minimum atomic E-state index is -0.984. The Morgan fingerprint density at radius 1 is 1.32 bits per heavy atom. The average molecular weight is 274 g/mol.